The van der Waals surface area contributed by atoms with Crippen LogP contribution in [0.4, 0.5) is 4.39 Å². The first-order valence-corrected chi connectivity index (χ1v) is 9.61. The van der Waals surface area contributed by atoms with Gasteiger partial charge in [-0.15, -0.1) is 17.5 Å². The molecule has 26 heavy (non-hydrogen) atoms. The SMILES string of the molecule is Cl.O=C(NCCSCc1ccccc1F)c1cn(C2CCNCC2)nn1. The number of nitrogens with one attached hydrogen (secondary N) is 2. The van der Waals surface area contributed by atoms with Crippen molar-refractivity contribution in [2.75, 3.05) is 25.4 Å². The monoisotopic (exact) mass is 399 g/mol. The summed E-state index contributed by atoms with van der Waals surface area (Å²) in [7, 11) is 0. The Morgan fingerprint density at radius 3 is 2.88 bits per heavy atom. The number of hydrogen-bond donors (Lipinski definition) is 2. The highest BCUT2D eigenvalue weighted by Crippen LogP contribution is 2.17. The molecule has 0 radical (unpaired) electrons. The maximum Gasteiger partial charge on any atom is 0.273 e. The molecule has 2 aromatic rings. The van der Waals surface area contributed by atoms with Crippen LogP contribution in [-0.4, -0.2) is 46.3 Å². The van der Waals surface area contributed by atoms with Crippen molar-refractivity contribution in [3.8, 4) is 0 Å². The van der Waals surface area contributed by atoms with E-state index in [1.807, 2.05) is 6.07 Å². The highest BCUT2D eigenvalue weighted by Gasteiger charge is 2.18. The third kappa shape index (κ3) is 5.69. The highest BCUT2D eigenvalue weighted by molar-refractivity contribution is 7.98. The van der Waals surface area contributed by atoms with E-state index in [2.05, 4.69) is 20.9 Å². The number of halogens is 2. The molecule has 0 atom stereocenters. The maximum atomic E-state index is 13.5. The Balaban J connectivity index is 0.00000243. The first kappa shape index (κ1) is 20.7. The fourth-order valence-corrected chi connectivity index (χ4v) is 3.60. The number of carbonyl (C=O) groups excluding carboxylic acids is 1. The third-order valence-electron chi connectivity index (χ3n) is 4.17. The van der Waals surface area contributed by atoms with Gasteiger partial charge in [0.05, 0.1) is 12.2 Å². The molecule has 0 bridgehead atoms. The fraction of sp³-hybridized carbons (Fsp3) is 0.471. The van der Waals surface area contributed by atoms with Crippen molar-refractivity contribution in [3.05, 3.63) is 47.5 Å². The Kier molecular flexibility index (Phi) is 8.34. The molecule has 0 unspecified atom stereocenters. The average Bonchev–Trinajstić information content (AvgIpc) is 3.14. The Hall–Kier alpha value is -1.64. The van der Waals surface area contributed by atoms with Gasteiger partial charge in [0.1, 0.15) is 5.82 Å². The lowest BCUT2D eigenvalue weighted by molar-refractivity contribution is 0.0951. The molecule has 2 N–H and O–H groups in total. The lowest BCUT2D eigenvalue weighted by atomic mass is 10.1. The maximum absolute atomic E-state index is 13.5. The molecular formula is C17H23ClFN5OS. The molecule has 0 spiro atoms. The van der Waals surface area contributed by atoms with Gasteiger partial charge < -0.3 is 10.6 Å². The molecule has 1 amide bonds. The Morgan fingerprint density at radius 2 is 2.12 bits per heavy atom. The molecule has 1 aromatic heterocycles. The summed E-state index contributed by atoms with van der Waals surface area (Å²) < 4.78 is 15.3. The van der Waals surface area contributed by atoms with E-state index < -0.39 is 0 Å². The number of rotatable bonds is 7. The van der Waals surface area contributed by atoms with Crippen LogP contribution in [-0.2, 0) is 5.75 Å². The van der Waals surface area contributed by atoms with E-state index in [0.29, 0.717) is 35.3 Å². The molecule has 3 rings (SSSR count). The van der Waals surface area contributed by atoms with Crippen LogP contribution < -0.4 is 10.6 Å². The van der Waals surface area contributed by atoms with Crippen LogP contribution in [0.25, 0.3) is 0 Å². The van der Waals surface area contributed by atoms with Crippen LogP contribution in [0.2, 0.25) is 0 Å². The molecule has 1 aromatic carbocycles. The van der Waals surface area contributed by atoms with Crippen LogP contribution >= 0.6 is 24.2 Å². The standard InChI is InChI=1S/C17H22FN5OS.ClH/c18-15-4-2-1-3-13(15)12-25-10-9-20-17(24)16-11-23(22-21-16)14-5-7-19-8-6-14;/h1-4,11,14,19H,5-10,12H2,(H,20,24);1H. The minimum atomic E-state index is -0.216. The topological polar surface area (TPSA) is 71.8 Å². The molecule has 1 fully saturated rings. The molecular weight excluding hydrogens is 377 g/mol. The molecule has 6 nitrogen and oxygen atoms in total. The van der Waals surface area contributed by atoms with Crippen molar-refractivity contribution in [3.63, 3.8) is 0 Å². The summed E-state index contributed by atoms with van der Waals surface area (Å²) in [4.78, 5) is 12.1. The van der Waals surface area contributed by atoms with Gasteiger partial charge in [0, 0.05) is 18.1 Å². The number of nitrogens with zero attached hydrogens (tertiary/aromatic N) is 3. The first-order valence-electron chi connectivity index (χ1n) is 8.46. The van der Waals surface area contributed by atoms with E-state index in [-0.39, 0.29) is 24.1 Å². The lowest BCUT2D eigenvalue weighted by Crippen LogP contribution is -2.29. The van der Waals surface area contributed by atoms with E-state index in [1.54, 1.807) is 34.8 Å². The van der Waals surface area contributed by atoms with E-state index >= 15 is 0 Å². The molecule has 9 heteroatoms. The van der Waals surface area contributed by atoms with Crippen molar-refractivity contribution >= 4 is 30.1 Å². The van der Waals surface area contributed by atoms with Crippen LogP contribution in [0, 0.1) is 5.82 Å². The van der Waals surface area contributed by atoms with Gasteiger partial charge in [0.15, 0.2) is 5.69 Å². The first-order chi connectivity index (χ1) is 12.2. The molecule has 0 saturated carbocycles. The summed E-state index contributed by atoms with van der Waals surface area (Å²) >= 11 is 1.58. The number of aromatic nitrogens is 3. The van der Waals surface area contributed by atoms with Gasteiger partial charge in [-0.2, -0.15) is 11.8 Å². The number of piperidine rings is 1. The summed E-state index contributed by atoms with van der Waals surface area (Å²) in [5.41, 5.74) is 1.03. The van der Waals surface area contributed by atoms with Gasteiger partial charge >= 0.3 is 0 Å². The molecule has 1 saturated heterocycles. The van der Waals surface area contributed by atoms with E-state index in [0.717, 1.165) is 25.9 Å². The highest BCUT2D eigenvalue weighted by atomic mass is 35.5. The van der Waals surface area contributed by atoms with E-state index in [1.165, 1.54) is 6.07 Å². The number of amides is 1. The molecule has 0 aliphatic carbocycles. The van der Waals surface area contributed by atoms with Gasteiger partial charge in [-0.1, -0.05) is 23.4 Å². The van der Waals surface area contributed by atoms with Crippen molar-refractivity contribution < 1.29 is 9.18 Å². The van der Waals surface area contributed by atoms with E-state index in [9.17, 15) is 9.18 Å². The van der Waals surface area contributed by atoms with Crippen molar-refractivity contribution in [1.29, 1.82) is 0 Å². The zero-order chi connectivity index (χ0) is 17.5. The number of carbonyl (C=O) groups is 1. The summed E-state index contributed by atoms with van der Waals surface area (Å²) in [6.07, 6.45) is 3.71. The largest absolute Gasteiger partial charge is 0.350 e. The van der Waals surface area contributed by atoms with Crippen LogP contribution in [0.5, 0.6) is 0 Å². The summed E-state index contributed by atoms with van der Waals surface area (Å²) in [5.74, 6) is 0.900. The molecule has 2 heterocycles. The van der Waals surface area contributed by atoms with Crippen LogP contribution in [0.15, 0.2) is 30.5 Å². The van der Waals surface area contributed by atoms with Crippen molar-refractivity contribution in [2.45, 2.75) is 24.6 Å². The van der Waals surface area contributed by atoms with Gasteiger partial charge in [-0.05, 0) is 37.6 Å². The van der Waals surface area contributed by atoms with Crippen molar-refractivity contribution in [1.82, 2.24) is 25.6 Å². The molecule has 1 aliphatic rings. The summed E-state index contributed by atoms with van der Waals surface area (Å²) in [6, 6.07) is 7.06. The zero-order valence-electron chi connectivity index (χ0n) is 14.4. The third-order valence-corrected chi connectivity index (χ3v) is 5.18. The number of benzene rings is 1. The smallest absolute Gasteiger partial charge is 0.273 e. The Morgan fingerprint density at radius 1 is 1.35 bits per heavy atom. The quantitative estimate of drug-likeness (QED) is 0.699. The van der Waals surface area contributed by atoms with Gasteiger partial charge in [-0.3, -0.25) is 4.79 Å². The van der Waals surface area contributed by atoms with Crippen LogP contribution in [0.1, 0.15) is 34.9 Å². The Labute approximate surface area is 162 Å². The zero-order valence-corrected chi connectivity index (χ0v) is 16.0. The summed E-state index contributed by atoms with van der Waals surface area (Å²) in [6.45, 7) is 2.44. The lowest BCUT2D eigenvalue weighted by Gasteiger charge is -2.22. The second kappa shape index (κ2) is 10.5. The minimum Gasteiger partial charge on any atom is -0.350 e. The number of thioether (sulfide) groups is 1. The van der Waals surface area contributed by atoms with Gasteiger partial charge in [-0.25, -0.2) is 9.07 Å². The van der Waals surface area contributed by atoms with E-state index in [4.69, 9.17) is 0 Å². The van der Waals surface area contributed by atoms with Gasteiger partial charge in [0.2, 0.25) is 0 Å². The average molecular weight is 400 g/mol. The predicted molar refractivity (Wildman–Crippen MR) is 103 cm³/mol. The normalized spacial score (nSPS) is 14.7. The second-order valence-electron chi connectivity index (χ2n) is 5.96. The molecule has 1 aliphatic heterocycles. The molecule has 142 valence electrons. The second-order valence-corrected chi connectivity index (χ2v) is 7.07. The van der Waals surface area contributed by atoms with Crippen LogP contribution in [0.3, 0.4) is 0 Å². The minimum absolute atomic E-state index is 0. The van der Waals surface area contributed by atoms with Gasteiger partial charge in [0.25, 0.3) is 5.91 Å². The number of hydrogen-bond acceptors (Lipinski definition) is 5. The Bertz CT molecular complexity index is 708. The summed E-state index contributed by atoms with van der Waals surface area (Å²) in [5, 5.41) is 14.2. The fourth-order valence-electron chi connectivity index (χ4n) is 2.76. The predicted octanol–water partition coefficient (Wildman–Crippen LogP) is 2.43. The van der Waals surface area contributed by atoms with Crippen molar-refractivity contribution in [2.24, 2.45) is 0 Å².